The largest absolute Gasteiger partial charge is 0.384 e. The van der Waals surface area contributed by atoms with Crippen LogP contribution < -0.4 is 5.32 Å². The summed E-state index contributed by atoms with van der Waals surface area (Å²) >= 11 is 11.7. The molecule has 68 valence electrons. The number of Topliss-reactive ketones (excluding diaryl/α,β-unsaturated/α-hetero) is 1. The summed E-state index contributed by atoms with van der Waals surface area (Å²) in [5.74, 6) is 0.0567. The van der Waals surface area contributed by atoms with E-state index in [4.69, 9.17) is 23.2 Å². The van der Waals surface area contributed by atoms with Gasteiger partial charge in [-0.15, -0.1) is 0 Å². The number of benzene rings is 1. The first-order valence-electron chi connectivity index (χ1n) is 3.95. The average Bonchev–Trinajstić information content (AvgIpc) is 2.12. The number of ketones is 1. The molecule has 0 amide bonds. The summed E-state index contributed by atoms with van der Waals surface area (Å²) in [5.41, 5.74) is 1.31. The summed E-state index contributed by atoms with van der Waals surface area (Å²) in [6.45, 7) is 0.670. The third kappa shape index (κ3) is 1.40. The van der Waals surface area contributed by atoms with Crippen molar-refractivity contribution in [2.24, 2.45) is 0 Å². The molecule has 1 N–H and O–H groups in total. The highest BCUT2D eigenvalue weighted by Crippen LogP contribution is 2.34. The first kappa shape index (κ1) is 8.85. The van der Waals surface area contributed by atoms with E-state index in [9.17, 15) is 4.79 Å². The molecule has 0 radical (unpaired) electrons. The molecule has 0 aliphatic carbocycles. The highest BCUT2D eigenvalue weighted by atomic mass is 35.5. The first-order chi connectivity index (χ1) is 6.20. The third-order valence-electron chi connectivity index (χ3n) is 2.04. The molecule has 1 aliphatic heterocycles. The fraction of sp³-hybridized carbons (Fsp3) is 0.222. The Kier molecular flexibility index (Phi) is 2.18. The number of hydrogen-bond donors (Lipinski definition) is 1. The van der Waals surface area contributed by atoms with Crippen LogP contribution in [0.2, 0.25) is 10.0 Å². The molecule has 0 unspecified atom stereocenters. The zero-order valence-corrected chi connectivity index (χ0v) is 8.24. The van der Waals surface area contributed by atoms with Gasteiger partial charge in [0.15, 0.2) is 5.78 Å². The van der Waals surface area contributed by atoms with E-state index in [-0.39, 0.29) is 5.78 Å². The van der Waals surface area contributed by atoms with Crippen molar-refractivity contribution < 1.29 is 4.79 Å². The van der Waals surface area contributed by atoms with E-state index < -0.39 is 0 Å². The monoisotopic (exact) mass is 215 g/mol. The molecule has 1 aliphatic rings. The van der Waals surface area contributed by atoms with E-state index in [1.54, 1.807) is 12.1 Å². The predicted octanol–water partition coefficient (Wildman–Crippen LogP) is 2.99. The van der Waals surface area contributed by atoms with E-state index in [0.29, 0.717) is 28.6 Å². The molecule has 0 fully saturated rings. The van der Waals surface area contributed by atoms with E-state index in [1.165, 1.54) is 0 Å². The van der Waals surface area contributed by atoms with E-state index in [0.717, 1.165) is 5.69 Å². The second kappa shape index (κ2) is 3.20. The lowest BCUT2D eigenvalue weighted by Crippen LogP contribution is -2.18. The molecule has 13 heavy (non-hydrogen) atoms. The Morgan fingerprint density at radius 3 is 2.85 bits per heavy atom. The van der Waals surface area contributed by atoms with Crippen molar-refractivity contribution in [3.8, 4) is 0 Å². The lowest BCUT2D eigenvalue weighted by molar-refractivity contribution is 0.0984. The molecule has 0 atom stereocenters. The fourth-order valence-corrected chi connectivity index (χ4v) is 1.83. The van der Waals surface area contributed by atoms with Crippen LogP contribution in [0.15, 0.2) is 12.1 Å². The summed E-state index contributed by atoms with van der Waals surface area (Å²) in [6, 6.07) is 3.47. The van der Waals surface area contributed by atoms with Crippen molar-refractivity contribution >= 4 is 34.7 Å². The van der Waals surface area contributed by atoms with Gasteiger partial charge in [-0.25, -0.2) is 0 Å². The van der Waals surface area contributed by atoms with Crippen molar-refractivity contribution in [2.45, 2.75) is 6.42 Å². The molecule has 1 heterocycles. The minimum atomic E-state index is 0.0567. The first-order valence-corrected chi connectivity index (χ1v) is 4.71. The predicted molar refractivity (Wildman–Crippen MR) is 53.9 cm³/mol. The van der Waals surface area contributed by atoms with Gasteiger partial charge in [-0.2, -0.15) is 0 Å². The molecule has 2 nitrogen and oxygen atoms in total. The lowest BCUT2D eigenvalue weighted by Gasteiger charge is -2.18. The molecule has 0 saturated heterocycles. The molecule has 4 heteroatoms. The van der Waals surface area contributed by atoms with Crippen molar-refractivity contribution in [1.29, 1.82) is 0 Å². The second-order valence-corrected chi connectivity index (χ2v) is 3.67. The molecule has 2 rings (SSSR count). The summed E-state index contributed by atoms with van der Waals surface area (Å²) in [5, 5.41) is 3.88. The number of halogens is 2. The molecular weight excluding hydrogens is 209 g/mol. The number of rotatable bonds is 0. The number of fused-ring (bicyclic) bond motifs is 1. The molecule has 0 bridgehead atoms. The van der Waals surface area contributed by atoms with Crippen molar-refractivity contribution in [2.75, 3.05) is 11.9 Å². The minimum Gasteiger partial charge on any atom is -0.384 e. The molecular formula is C9H7Cl2NO. The molecule has 0 aromatic heterocycles. The van der Waals surface area contributed by atoms with Gasteiger partial charge in [-0.3, -0.25) is 4.79 Å². The van der Waals surface area contributed by atoms with E-state index in [2.05, 4.69) is 5.32 Å². The lowest BCUT2D eigenvalue weighted by atomic mass is 10.0. The van der Waals surface area contributed by atoms with Crippen LogP contribution in [0.3, 0.4) is 0 Å². The number of carbonyl (C=O) groups excluding carboxylic acids is 1. The third-order valence-corrected chi connectivity index (χ3v) is 2.85. The minimum absolute atomic E-state index is 0.0567. The van der Waals surface area contributed by atoms with Crippen molar-refractivity contribution in [1.82, 2.24) is 0 Å². The number of hydrogen-bond acceptors (Lipinski definition) is 2. The standard InChI is InChI=1S/C9H7Cl2NO/c10-5-1-2-6-8(9(5)11)7(13)3-4-12-6/h1-2,12H,3-4H2. The van der Waals surface area contributed by atoms with Crippen LogP contribution in [0.1, 0.15) is 16.8 Å². The quantitative estimate of drug-likeness (QED) is 0.722. The van der Waals surface area contributed by atoms with Crippen LogP contribution >= 0.6 is 23.2 Å². The van der Waals surface area contributed by atoms with Gasteiger partial charge in [-0.05, 0) is 12.1 Å². The molecule has 1 aromatic rings. The number of nitrogens with one attached hydrogen (secondary N) is 1. The zero-order valence-electron chi connectivity index (χ0n) is 6.73. The van der Waals surface area contributed by atoms with Gasteiger partial charge < -0.3 is 5.32 Å². The zero-order chi connectivity index (χ0) is 9.42. The highest BCUT2D eigenvalue weighted by Gasteiger charge is 2.21. The van der Waals surface area contributed by atoms with Gasteiger partial charge in [0.2, 0.25) is 0 Å². The van der Waals surface area contributed by atoms with Crippen molar-refractivity contribution in [3.63, 3.8) is 0 Å². The highest BCUT2D eigenvalue weighted by molar-refractivity contribution is 6.44. The Labute approximate surface area is 85.8 Å². The Bertz CT molecular complexity index is 376. The fourth-order valence-electron chi connectivity index (χ4n) is 1.41. The van der Waals surface area contributed by atoms with Crippen LogP contribution in [0, 0.1) is 0 Å². The topological polar surface area (TPSA) is 29.1 Å². The molecule has 0 spiro atoms. The summed E-state index contributed by atoms with van der Waals surface area (Å²) in [4.78, 5) is 11.5. The Balaban J connectivity index is 2.65. The Morgan fingerprint density at radius 2 is 2.08 bits per heavy atom. The summed E-state index contributed by atoms with van der Waals surface area (Å²) in [6.07, 6.45) is 0.479. The Morgan fingerprint density at radius 1 is 1.31 bits per heavy atom. The number of anilines is 1. The summed E-state index contributed by atoms with van der Waals surface area (Å²) < 4.78 is 0. The normalized spacial score (nSPS) is 15.1. The van der Waals surface area contributed by atoms with E-state index in [1.807, 2.05) is 0 Å². The van der Waals surface area contributed by atoms with Gasteiger partial charge in [0.05, 0.1) is 15.6 Å². The maximum absolute atomic E-state index is 11.5. The molecule has 1 aromatic carbocycles. The van der Waals surface area contributed by atoms with Crippen LogP contribution in [-0.2, 0) is 0 Å². The van der Waals surface area contributed by atoms with Gasteiger partial charge in [0.25, 0.3) is 0 Å². The van der Waals surface area contributed by atoms with Gasteiger partial charge >= 0.3 is 0 Å². The maximum Gasteiger partial charge on any atom is 0.168 e. The second-order valence-electron chi connectivity index (χ2n) is 2.88. The maximum atomic E-state index is 11.5. The number of carbonyl (C=O) groups is 1. The van der Waals surface area contributed by atoms with Crippen LogP contribution in [0.4, 0.5) is 5.69 Å². The van der Waals surface area contributed by atoms with Gasteiger partial charge in [-0.1, -0.05) is 23.2 Å². The van der Waals surface area contributed by atoms with Crippen molar-refractivity contribution in [3.05, 3.63) is 27.7 Å². The van der Waals surface area contributed by atoms with Crippen LogP contribution in [-0.4, -0.2) is 12.3 Å². The smallest absolute Gasteiger partial charge is 0.168 e. The Hall–Kier alpha value is -0.730. The van der Waals surface area contributed by atoms with Gasteiger partial charge in [0.1, 0.15) is 0 Å². The summed E-state index contributed by atoms with van der Waals surface area (Å²) in [7, 11) is 0. The molecule has 0 saturated carbocycles. The van der Waals surface area contributed by atoms with Crippen LogP contribution in [0.5, 0.6) is 0 Å². The van der Waals surface area contributed by atoms with Crippen LogP contribution in [0.25, 0.3) is 0 Å². The SMILES string of the molecule is O=C1CCNc2ccc(Cl)c(Cl)c21. The van der Waals surface area contributed by atoms with Gasteiger partial charge in [0, 0.05) is 18.7 Å². The van der Waals surface area contributed by atoms with E-state index >= 15 is 0 Å². The average molecular weight is 216 g/mol.